The predicted molar refractivity (Wildman–Crippen MR) is 103 cm³/mol. The molecule has 2 aromatic rings. The summed E-state index contributed by atoms with van der Waals surface area (Å²) in [6, 6.07) is 15.2. The van der Waals surface area contributed by atoms with E-state index in [1.165, 1.54) is 21.2 Å². The lowest BCUT2D eigenvalue weighted by Crippen LogP contribution is -2.37. The number of hydrogen-bond acceptors (Lipinski definition) is 4. The molecule has 0 saturated heterocycles. The molecular weight excluding hydrogens is 332 g/mol. The molecule has 0 fully saturated rings. The van der Waals surface area contributed by atoms with E-state index < -0.39 is 5.97 Å². The fourth-order valence-electron chi connectivity index (χ4n) is 2.91. The first-order chi connectivity index (χ1) is 12.0. The smallest absolute Gasteiger partial charge is 0.303 e. The lowest BCUT2D eigenvalue weighted by Gasteiger charge is -2.36. The normalized spacial score (nSPS) is 14.2. The molecule has 1 unspecified atom stereocenters. The standard InChI is InChI=1S/C20H24N2O2S/c1-14(21(2)3)13-22-16-6-4-5-7-18(16)25-19-10-8-15(12-17(19)22)9-11-20(23)24/h4-8,10,12,14H,9,11,13H2,1-3H3,(H,23,24). The number of aryl methyl sites for hydroxylation is 1. The summed E-state index contributed by atoms with van der Waals surface area (Å²) >= 11 is 1.78. The van der Waals surface area contributed by atoms with Gasteiger partial charge in [0.05, 0.1) is 11.4 Å². The number of carboxylic acids is 1. The van der Waals surface area contributed by atoms with Gasteiger partial charge in [-0.05, 0) is 57.3 Å². The molecule has 1 aliphatic rings. The van der Waals surface area contributed by atoms with Crippen molar-refractivity contribution in [3.05, 3.63) is 48.0 Å². The van der Waals surface area contributed by atoms with Crippen LogP contribution in [-0.4, -0.2) is 42.7 Å². The molecule has 1 N–H and O–H groups in total. The highest BCUT2D eigenvalue weighted by atomic mass is 32.2. The minimum atomic E-state index is -0.754. The van der Waals surface area contributed by atoms with E-state index in [0.29, 0.717) is 12.5 Å². The molecule has 0 spiro atoms. The Morgan fingerprint density at radius 2 is 1.88 bits per heavy atom. The molecule has 2 aromatic carbocycles. The largest absolute Gasteiger partial charge is 0.481 e. The summed E-state index contributed by atoms with van der Waals surface area (Å²) in [5.74, 6) is -0.754. The minimum absolute atomic E-state index is 0.163. The van der Waals surface area contributed by atoms with Gasteiger partial charge in [0.2, 0.25) is 0 Å². The molecule has 0 bridgehead atoms. The van der Waals surface area contributed by atoms with Gasteiger partial charge in [-0.3, -0.25) is 4.79 Å². The fourth-order valence-corrected chi connectivity index (χ4v) is 3.98. The summed E-state index contributed by atoms with van der Waals surface area (Å²) in [7, 11) is 4.19. The van der Waals surface area contributed by atoms with Crippen LogP contribution in [0.2, 0.25) is 0 Å². The number of carboxylic acid groups (broad SMARTS) is 1. The number of benzene rings is 2. The van der Waals surface area contributed by atoms with Gasteiger partial charge in [-0.2, -0.15) is 0 Å². The Morgan fingerprint density at radius 3 is 2.60 bits per heavy atom. The molecule has 4 nitrogen and oxygen atoms in total. The van der Waals surface area contributed by atoms with E-state index in [1.807, 2.05) is 0 Å². The number of likely N-dealkylation sites (N-methyl/N-ethyl adjacent to an activating group) is 1. The second kappa shape index (κ2) is 7.50. The van der Waals surface area contributed by atoms with E-state index >= 15 is 0 Å². The van der Waals surface area contributed by atoms with Gasteiger partial charge in [0.1, 0.15) is 0 Å². The average Bonchev–Trinajstić information content (AvgIpc) is 2.59. The Kier molecular flexibility index (Phi) is 5.35. The van der Waals surface area contributed by atoms with Crippen molar-refractivity contribution in [3.63, 3.8) is 0 Å². The van der Waals surface area contributed by atoms with Crippen molar-refractivity contribution in [2.75, 3.05) is 25.5 Å². The third-order valence-electron chi connectivity index (χ3n) is 4.65. The second-order valence-corrected chi connectivity index (χ2v) is 7.77. The highest BCUT2D eigenvalue weighted by Gasteiger charge is 2.25. The molecule has 0 aromatic heterocycles. The summed E-state index contributed by atoms with van der Waals surface area (Å²) in [6.45, 7) is 3.11. The van der Waals surface area contributed by atoms with E-state index in [2.05, 4.69) is 73.3 Å². The van der Waals surface area contributed by atoms with Crippen molar-refractivity contribution in [1.82, 2.24) is 4.90 Å². The topological polar surface area (TPSA) is 43.8 Å². The maximum Gasteiger partial charge on any atom is 0.303 e. The number of aliphatic carboxylic acids is 1. The summed E-state index contributed by atoms with van der Waals surface area (Å²) in [4.78, 5) is 18.0. The van der Waals surface area contributed by atoms with E-state index in [9.17, 15) is 4.79 Å². The highest BCUT2D eigenvalue weighted by molar-refractivity contribution is 7.99. The third-order valence-corrected chi connectivity index (χ3v) is 5.78. The zero-order valence-corrected chi connectivity index (χ0v) is 15.7. The van der Waals surface area contributed by atoms with E-state index in [0.717, 1.165) is 12.1 Å². The summed E-state index contributed by atoms with van der Waals surface area (Å²) in [5, 5.41) is 8.96. The van der Waals surface area contributed by atoms with Crippen LogP contribution in [0.3, 0.4) is 0 Å². The zero-order chi connectivity index (χ0) is 18.0. The number of fused-ring (bicyclic) bond motifs is 2. The SMILES string of the molecule is CC(CN1c2ccccc2Sc2ccc(CCC(=O)O)cc21)N(C)C. The first kappa shape index (κ1) is 17.8. The summed E-state index contributed by atoms with van der Waals surface area (Å²) < 4.78 is 0. The van der Waals surface area contributed by atoms with Crippen LogP contribution in [0, 0.1) is 0 Å². The van der Waals surface area contributed by atoms with Crippen LogP contribution in [-0.2, 0) is 11.2 Å². The average molecular weight is 356 g/mol. The number of rotatable bonds is 6. The van der Waals surface area contributed by atoms with Gasteiger partial charge in [0, 0.05) is 28.8 Å². The number of carbonyl (C=O) groups is 1. The van der Waals surface area contributed by atoms with Crippen molar-refractivity contribution in [1.29, 1.82) is 0 Å². The van der Waals surface area contributed by atoms with Crippen molar-refractivity contribution in [2.45, 2.75) is 35.6 Å². The van der Waals surface area contributed by atoms with Crippen molar-refractivity contribution >= 4 is 29.1 Å². The van der Waals surface area contributed by atoms with E-state index in [4.69, 9.17) is 5.11 Å². The fraction of sp³-hybridized carbons (Fsp3) is 0.350. The van der Waals surface area contributed by atoms with Gasteiger partial charge in [-0.15, -0.1) is 0 Å². The van der Waals surface area contributed by atoms with Gasteiger partial charge in [0.15, 0.2) is 0 Å². The molecule has 1 aliphatic heterocycles. The Hall–Kier alpha value is -1.98. The molecule has 0 amide bonds. The van der Waals surface area contributed by atoms with Crippen LogP contribution in [0.5, 0.6) is 0 Å². The van der Waals surface area contributed by atoms with Gasteiger partial charge in [0.25, 0.3) is 0 Å². The van der Waals surface area contributed by atoms with Crippen molar-refractivity contribution in [2.24, 2.45) is 0 Å². The third kappa shape index (κ3) is 3.99. The van der Waals surface area contributed by atoms with Crippen LogP contribution in [0.1, 0.15) is 18.9 Å². The Labute approximate surface area is 153 Å². The second-order valence-electron chi connectivity index (χ2n) is 6.69. The molecule has 132 valence electrons. The highest BCUT2D eigenvalue weighted by Crippen LogP contribution is 2.48. The number of hydrogen-bond donors (Lipinski definition) is 1. The minimum Gasteiger partial charge on any atom is -0.481 e. The van der Waals surface area contributed by atoms with Crippen LogP contribution in [0.25, 0.3) is 0 Å². The predicted octanol–water partition coefficient (Wildman–Crippen LogP) is 4.26. The van der Waals surface area contributed by atoms with Crippen molar-refractivity contribution in [3.8, 4) is 0 Å². The zero-order valence-electron chi connectivity index (χ0n) is 14.9. The molecule has 0 aliphatic carbocycles. The number of nitrogens with zero attached hydrogens (tertiary/aromatic N) is 2. The first-order valence-corrected chi connectivity index (χ1v) is 9.33. The lowest BCUT2D eigenvalue weighted by molar-refractivity contribution is -0.136. The van der Waals surface area contributed by atoms with Crippen molar-refractivity contribution < 1.29 is 9.90 Å². The molecule has 1 atom stereocenters. The van der Waals surface area contributed by atoms with E-state index in [-0.39, 0.29) is 6.42 Å². The van der Waals surface area contributed by atoms with Gasteiger partial charge in [-0.25, -0.2) is 0 Å². The lowest BCUT2D eigenvalue weighted by atomic mass is 10.1. The van der Waals surface area contributed by atoms with E-state index in [1.54, 1.807) is 11.8 Å². The summed E-state index contributed by atoms with van der Waals surface area (Å²) in [5.41, 5.74) is 3.48. The number of anilines is 2. The van der Waals surface area contributed by atoms with Gasteiger partial charge < -0.3 is 14.9 Å². The molecule has 0 saturated carbocycles. The van der Waals surface area contributed by atoms with Crippen LogP contribution in [0.4, 0.5) is 11.4 Å². The molecule has 25 heavy (non-hydrogen) atoms. The molecule has 0 radical (unpaired) electrons. The Bertz CT molecular complexity index is 776. The molecule has 1 heterocycles. The van der Waals surface area contributed by atoms with Gasteiger partial charge in [-0.1, -0.05) is 30.0 Å². The molecular formula is C20H24N2O2S. The summed E-state index contributed by atoms with van der Waals surface area (Å²) in [6.07, 6.45) is 0.725. The Morgan fingerprint density at radius 1 is 1.16 bits per heavy atom. The Balaban J connectivity index is 1.97. The van der Waals surface area contributed by atoms with Crippen LogP contribution >= 0.6 is 11.8 Å². The maximum absolute atomic E-state index is 10.9. The van der Waals surface area contributed by atoms with Crippen LogP contribution < -0.4 is 4.90 Å². The first-order valence-electron chi connectivity index (χ1n) is 8.51. The quantitative estimate of drug-likeness (QED) is 0.838. The maximum atomic E-state index is 10.9. The monoisotopic (exact) mass is 356 g/mol. The molecule has 5 heteroatoms. The van der Waals surface area contributed by atoms with Crippen LogP contribution in [0.15, 0.2) is 52.3 Å². The number of para-hydroxylation sites is 1. The molecule has 3 rings (SSSR count). The van der Waals surface area contributed by atoms with Gasteiger partial charge >= 0.3 is 5.97 Å².